The van der Waals surface area contributed by atoms with Gasteiger partial charge in [-0.2, -0.15) is 0 Å². The lowest BCUT2D eigenvalue weighted by Crippen LogP contribution is -2.54. The molecule has 0 aliphatic heterocycles. The van der Waals surface area contributed by atoms with Gasteiger partial charge in [0, 0.05) is 18.6 Å². The standard InChI is InChI=1S/C15H32N2O/c1-5-17(6-2)8-7-16-15(12-18)10-13(3)9-14(4)11-15/h13-14,16,18H,5-12H2,1-4H3. The van der Waals surface area contributed by atoms with Crippen molar-refractivity contribution in [3.63, 3.8) is 0 Å². The van der Waals surface area contributed by atoms with Crippen LogP contribution in [0.15, 0.2) is 0 Å². The molecule has 0 aromatic rings. The Kier molecular flexibility index (Phi) is 6.61. The maximum absolute atomic E-state index is 9.78. The minimum atomic E-state index is -0.0236. The predicted molar refractivity (Wildman–Crippen MR) is 77.8 cm³/mol. The van der Waals surface area contributed by atoms with E-state index >= 15 is 0 Å². The lowest BCUT2D eigenvalue weighted by Gasteiger charge is -2.43. The Bertz CT molecular complexity index is 219. The first kappa shape index (κ1) is 15.9. The van der Waals surface area contributed by atoms with Gasteiger partial charge in [-0.1, -0.05) is 27.7 Å². The number of aliphatic hydroxyl groups excluding tert-OH is 1. The number of rotatable bonds is 7. The molecule has 2 atom stereocenters. The fourth-order valence-corrected chi connectivity index (χ4v) is 3.62. The highest BCUT2D eigenvalue weighted by atomic mass is 16.3. The molecule has 0 heterocycles. The van der Waals surface area contributed by atoms with Gasteiger partial charge in [-0.3, -0.25) is 0 Å². The molecular formula is C15H32N2O. The molecule has 1 fully saturated rings. The highest BCUT2D eigenvalue weighted by Gasteiger charge is 2.36. The molecule has 1 saturated carbocycles. The maximum atomic E-state index is 9.78. The van der Waals surface area contributed by atoms with Crippen LogP contribution in [0, 0.1) is 11.8 Å². The number of nitrogens with one attached hydrogen (secondary N) is 1. The molecule has 2 N–H and O–H groups in total. The van der Waals surface area contributed by atoms with Gasteiger partial charge in [-0.15, -0.1) is 0 Å². The molecule has 0 aromatic heterocycles. The van der Waals surface area contributed by atoms with Gasteiger partial charge >= 0.3 is 0 Å². The van der Waals surface area contributed by atoms with Crippen molar-refractivity contribution >= 4 is 0 Å². The zero-order chi connectivity index (χ0) is 13.6. The molecule has 18 heavy (non-hydrogen) atoms. The van der Waals surface area contributed by atoms with Crippen LogP contribution in [0.3, 0.4) is 0 Å². The zero-order valence-corrected chi connectivity index (χ0v) is 12.7. The van der Waals surface area contributed by atoms with E-state index in [2.05, 4.69) is 37.9 Å². The van der Waals surface area contributed by atoms with Crippen molar-refractivity contribution in [2.24, 2.45) is 11.8 Å². The first-order valence-electron chi connectivity index (χ1n) is 7.63. The molecule has 0 bridgehead atoms. The van der Waals surface area contributed by atoms with Gasteiger partial charge in [0.15, 0.2) is 0 Å². The summed E-state index contributed by atoms with van der Waals surface area (Å²) in [4.78, 5) is 2.42. The molecule has 0 radical (unpaired) electrons. The molecular weight excluding hydrogens is 224 g/mol. The summed E-state index contributed by atoms with van der Waals surface area (Å²) >= 11 is 0. The molecule has 108 valence electrons. The predicted octanol–water partition coefficient (Wildman–Crippen LogP) is 2.10. The van der Waals surface area contributed by atoms with Gasteiger partial charge in [0.1, 0.15) is 0 Å². The average Bonchev–Trinajstić information content (AvgIpc) is 2.33. The Morgan fingerprint density at radius 2 is 1.72 bits per heavy atom. The van der Waals surface area contributed by atoms with Crippen LogP contribution in [0.4, 0.5) is 0 Å². The molecule has 3 heteroatoms. The van der Waals surface area contributed by atoms with Crippen molar-refractivity contribution in [1.29, 1.82) is 0 Å². The topological polar surface area (TPSA) is 35.5 Å². The second-order valence-electron chi connectivity index (χ2n) is 6.25. The maximum Gasteiger partial charge on any atom is 0.0613 e. The monoisotopic (exact) mass is 256 g/mol. The van der Waals surface area contributed by atoms with Crippen LogP contribution >= 0.6 is 0 Å². The van der Waals surface area contributed by atoms with Crippen LogP contribution in [0.2, 0.25) is 0 Å². The van der Waals surface area contributed by atoms with E-state index < -0.39 is 0 Å². The van der Waals surface area contributed by atoms with E-state index in [1.165, 1.54) is 6.42 Å². The quantitative estimate of drug-likeness (QED) is 0.732. The third-order valence-corrected chi connectivity index (χ3v) is 4.41. The van der Waals surface area contributed by atoms with Crippen LogP contribution in [-0.4, -0.2) is 48.3 Å². The number of likely N-dealkylation sites (N-methyl/N-ethyl adjacent to an activating group) is 1. The average molecular weight is 256 g/mol. The second kappa shape index (κ2) is 7.46. The smallest absolute Gasteiger partial charge is 0.0613 e. The van der Waals surface area contributed by atoms with Gasteiger partial charge in [0.05, 0.1) is 6.61 Å². The molecule has 3 nitrogen and oxygen atoms in total. The van der Waals surface area contributed by atoms with Gasteiger partial charge in [0.2, 0.25) is 0 Å². The number of hydrogen-bond donors (Lipinski definition) is 2. The van der Waals surface area contributed by atoms with Crippen LogP contribution in [0.1, 0.15) is 47.0 Å². The highest BCUT2D eigenvalue weighted by Crippen LogP contribution is 2.35. The van der Waals surface area contributed by atoms with Crippen molar-refractivity contribution in [2.45, 2.75) is 52.5 Å². The summed E-state index contributed by atoms with van der Waals surface area (Å²) in [7, 11) is 0. The first-order chi connectivity index (χ1) is 8.55. The van der Waals surface area contributed by atoms with Crippen molar-refractivity contribution in [3.8, 4) is 0 Å². The number of hydrogen-bond acceptors (Lipinski definition) is 3. The largest absolute Gasteiger partial charge is 0.394 e. The fourth-order valence-electron chi connectivity index (χ4n) is 3.62. The van der Waals surface area contributed by atoms with Crippen LogP contribution < -0.4 is 5.32 Å². The van der Waals surface area contributed by atoms with Crippen LogP contribution in [-0.2, 0) is 0 Å². The van der Waals surface area contributed by atoms with Gasteiger partial charge in [0.25, 0.3) is 0 Å². The summed E-state index contributed by atoms with van der Waals surface area (Å²) in [6.07, 6.45) is 3.54. The molecule has 0 saturated heterocycles. The van der Waals surface area contributed by atoms with Gasteiger partial charge in [-0.05, 0) is 44.2 Å². The molecule has 1 rings (SSSR count). The Hall–Kier alpha value is -0.120. The van der Waals surface area contributed by atoms with Crippen molar-refractivity contribution < 1.29 is 5.11 Å². The van der Waals surface area contributed by atoms with Gasteiger partial charge < -0.3 is 15.3 Å². The second-order valence-corrected chi connectivity index (χ2v) is 6.25. The molecule has 1 aliphatic rings. The molecule has 1 aliphatic carbocycles. The fraction of sp³-hybridized carbons (Fsp3) is 1.00. The summed E-state index contributed by atoms with van der Waals surface area (Å²) in [6.45, 7) is 13.6. The van der Waals surface area contributed by atoms with Crippen molar-refractivity contribution in [2.75, 3.05) is 32.8 Å². The zero-order valence-electron chi connectivity index (χ0n) is 12.7. The lowest BCUT2D eigenvalue weighted by atomic mass is 9.72. The number of aliphatic hydroxyl groups is 1. The van der Waals surface area contributed by atoms with E-state index in [9.17, 15) is 5.11 Å². The van der Waals surface area contributed by atoms with E-state index in [1.807, 2.05) is 0 Å². The van der Waals surface area contributed by atoms with E-state index in [4.69, 9.17) is 0 Å². The van der Waals surface area contributed by atoms with E-state index in [0.29, 0.717) is 0 Å². The molecule has 0 amide bonds. The first-order valence-corrected chi connectivity index (χ1v) is 7.63. The summed E-state index contributed by atoms with van der Waals surface area (Å²) in [6, 6.07) is 0. The third kappa shape index (κ3) is 4.52. The van der Waals surface area contributed by atoms with E-state index in [0.717, 1.165) is 50.9 Å². The Balaban J connectivity index is 2.44. The van der Waals surface area contributed by atoms with Crippen molar-refractivity contribution in [1.82, 2.24) is 10.2 Å². The SMILES string of the molecule is CCN(CC)CCNC1(CO)CC(C)CC(C)C1. The normalized spacial score (nSPS) is 33.0. The summed E-state index contributed by atoms with van der Waals surface area (Å²) in [5.74, 6) is 1.45. The third-order valence-electron chi connectivity index (χ3n) is 4.41. The molecule has 0 aromatic carbocycles. The van der Waals surface area contributed by atoms with E-state index in [1.54, 1.807) is 0 Å². The minimum absolute atomic E-state index is 0.0236. The van der Waals surface area contributed by atoms with Crippen LogP contribution in [0.5, 0.6) is 0 Å². The Morgan fingerprint density at radius 3 is 2.17 bits per heavy atom. The van der Waals surface area contributed by atoms with Crippen LogP contribution in [0.25, 0.3) is 0 Å². The Morgan fingerprint density at radius 1 is 1.17 bits per heavy atom. The summed E-state index contributed by atoms with van der Waals surface area (Å²) < 4.78 is 0. The highest BCUT2D eigenvalue weighted by molar-refractivity contribution is 4.94. The van der Waals surface area contributed by atoms with Gasteiger partial charge in [-0.25, -0.2) is 0 Å². The lowest BCUT2D eigenvalue weighted by molar-refractivity contribution is 0.0736. The van der Waals surface area contributed by atoms with Crippen molar-refractivity contribution in [3.05, 3.63) is 0 Å². The minimum Gasteiger partial charge on any atom is -0.394 e. The summed E-state index contributed by atoms with van der Waals surface area (Å²) in [5, 5.41) is 13.4. The summed E-state index contributed by atoms with van der Waals surface area (Å²) in [5.41, 5.74) is -0.0236. The molecule has 0 spiro atoms. The molecule has 2 unspecified atom stereocenters. The number of nitrogens with zero attached hydrogens (tertiary/aromatic N) is 1. The van der Waals surface area contributed by atoms with E-state index in [-0.39, 0.29) is 12.1 Å². The Labute approximate surface area is 113 Å².